The number of amides is 1. The van der Waals surface area contributed by atoms with Gasteiger partial charge in [-0.25, -0.2) is 12.7 Å². The summed E-state index contributed by atoms with van der Waals surface area (Å²) < 4.78 is 32.7. The van der Waals surface area contributed by atoms with Gasteiger partial charge in [0.1, 0.15) is 5.75 Å². The van der Waals surface area contributed by atoms with Gasteiger partial charge in [0.2, 0.25) is 15.9 Å². The molecule has 1 aliphatic rings. The number of rotatable bonds is 9. The molecule has 1 heterocycles. The van der Waals surface area contributed by atoms with Crippen LogP contribution in [0.5, 0.6) is 5.75 Å². The van der Waals surface area contributed by atoms with Crippen molar-refractivity contribution in [3.8, 4) is 5.75 Å². The van der Waals surface area contributed by atoms with Crippen LogP contribution in [0.4, 0.5) is 5.69 Å². The first-order valence-corrected chi connectivity index (χ1v) is 12.5. The lowest BCUT2D eigenvalue weighted by Crippen LogP contribution is -2.44. The standard InChI is InChI=1S/C24H32N2O4S/c1-19(2)30-23-14-12-22(13-15-23)25-24(27)21-11-6-16-26(18-21)31(28,29)17-7-10-20-8-4-3-5-9-20/h3-5,8-9,12-15,19,21H,6-7,10-11,16-18H2,1-2H3,(H,25,27). The van der Waals surface area contributed by atoms with Crippen LogP contribution < -0.4 is 10.1 Å². The van der Waals surface area contributed by atoms with E-state index in [1.54, 1.807) is 12.1 Å². The Morgan fingerprint density at radius 1 is 1.13 bits per heavy atom. The van der Waals surface area contributed by atoms with Crippen molar-refractivity contribution >= 4 is 21.6 Å². The van der Waals surface area contributed by atoms with Gasteiger partial charge in [-0.3, -0.25) is 4.79 Å². The highest BCUT2D eigenvalue weighted by atomic mass is 32.2. The highest BCUT2D eigenvalue weighted by Gasteiger charge is 2.32. The van der Waals surface area contributed by atoms with Gasteiger partial charge in [-0.05, 0) is 69.4 Å². The fraction of sp³-hybridized carbons (Fsp3) is 0.458. The summed E-state index contributed by atoms with van der Waals surface area (Å²) in [6.45, 7) is 4.65. The molecule has 1 saturated heterocycles. The zero-order chi connectivity index (χ0) is 22.3. The first-order chi connectivity index (χ1) is 14.8. The quantitative estimate of drug-likeness (QED) is 0.632. The third-order valence-electron chi connectivity index (χ3n) is 5.35. The maximum Gasteiger partial charge on any atom is 0.228 e. The molecule has 1 fully saturated rings. The number of carbonyl (C=O) groups excluding carboxylic acids is 1. The molecule has 1 aliphatic heterocycles. The van der Waals surface area contributed by atoms with E-state index in [-0.39, 0.29) is 30.2 Å². The van der Waals surface area contributed by atoms with Gasteiger partial charge in [0.25, 0.3) is 0 Å². The van der Waals surface area contributed by atoms with Crippen LogP contribution in [0.1, 0.15) is 38.7 Å². The maximum absolute atomic E-state index is 12.8. The molecule has 1 N–H and O–H groups in total. The number of sulfonamides is 1. The van der Waals surface area contributed by atoms with Crippen LogP contribution in [-0.4, -0.2) is 43.6 Å². The van der Waals surface area contributed by atoms with E-state index in [1.807, 2.05) is 56.3 Å². The van der Waals surface area contributed by atoms with Crippen LogP contribution in [0.25, 0.3) is 0 Å². The number of nitrogens with zero attached hydrogens (tertiary/aromatic N) is 1. The Kier molecular flexibility index (Phi) is 8.09. The molecule has 2 aromatic carbocycles. The van der Waals surface area contributed by atoms with Gasteiger partial charge in [-0.1, -0.05) is 30.3 Å². The number of nitrogens with one attached hydrogen (secondary N) is 1. The Morgan fingerprint density at radius 3 is 2.52 bits per heavy atom. The summed E-state index contributed by atoms with van der Waals surface area (Å²) in [5, 5.41) is 2.91. The molecule has 2 aromatic rings. The van der Waals surface area contributed by atoms with Crippen molar-refractivity contribution in [1.82, 2.24) is 4.31 Å². The molecule has 3 rings (SSSR count). The van der Waals surface area contributed by atoms with E-state index >= 15 is 0 Å². The van der Waals surface area contributed by atoms with Crippen molar-refractivity contribution < 1.29 is 17.9 Å². The summed E-state index contributed by atoms with van der Waals surface area (Å²) in [6, 6.07) is 17.1. The Morgan fingerprint density at radius 2 is 1.84 bits per heavy atom. The number of ether oxygens (including phenoxy) is 1. The Bertz CT molecular complexity index is 943. The predicted octanol–water partition coefficient (Wildman–Crippen LogP) is 4.09. The van der Waals surface area contributed by atoms with E-state index in [9.17, 15) is 13.2 Å². The first-order valence-electron chi connectivity index (χ1n) is 10.9. The minimum atomic E-state index is -3.37. The second kappa shape index (κ2) is 10.8. The van der Waals surface area contributed by atoms with Crippen LogP contribution in [-0.2, 0) is 21.2 Å². The summed E-state index contributed by atoms with van der Waals surface area (Å²) in [4.78, 5) is 12.7. The van der Waals surface area contributed by atoms with Crippen LogP contribution in [0.15, 0.2) is 54.6 Å². The van der Waals surface area contributed by atoms with Gasteiger partial charge in [-0.2, -0.15) is 0 Å². The molecule has 0 radical (unpaired) electrons. The number of aryl methyl sites for hydroxylation is 1. The van der Waals surface area contributed by atoms with Crippen LogP contribution >= 0.6 is 0 Å². The van der Waals surface area contributed by atoms with Gasteiger partial charge in [-0.15, -0.1) is 0 Å². The summed E-state index contributed by atoms with van der Waals surface area (Å²) in [5.74, 6) is 0.373. The molecule has 0 saturated carbocycles. The smallest absolute Gasteiger partial charge is 0.228 e. The minimum Gasteiger partial charge on any atom is -0.491 e. The van der Waals surface area contributed by atoms with Gasteiger partial charge in [0, 0.05) is 18.8 Å². The summed E-state index contributed by atoms with van der Waals surface area (Å²) in [7, 11) is -3.37. The van der Waals surface area contributed by atoms with Crippen molar-refractivity contribution in [2.45, 2.75) is 45.6 Å². The van der Waals surface area contributed by atoms with Crippen molar-refractivity contribution in [3.63, 3.8) is 0 Å². The molecule has 0 aliphatic carbocycles. The molecule has 31 heavy (non-hydrogen) atoms. The highest BCUT2D eigenvalue weighted by Crippen LogP contribution is 2.23. The van der Waals surface area contributed by atoms with Crippen molar-refractivity contribution in [2.24, 2.45) is 5.92 Å². The Labute approximate surface area is 185 Å². The van der Waals surface area contributed by atoms with Crippen LogP contribution in [0.3, 0.4) is 0 Å². The van der Waals surface area contributed by atoms with Crippen LogP contribution in [0.2, 0.25) is 0 Å². The lowest BCUT2D eigenvalue weighted by molar-refractivity contribution is -0.120. The van der Waals surface area contributed by atoms with Gasteiger partial charge in [0.05, 0.1) is 17.8 Å². The van der Waals surface area contributed by atoms with Gasteiger partial charge >= 0.3 is 0 Å². The highest BCUT2D eigenvalue weighted by molar-refractivity contribution is 7.89. The average Bonchev–Trinajstić information content (AvgIpc) is 2.75. The normalized spacial score (nSPS) is 17.5. The first kappa shape index (κ1) is 23.3. The number of hydrogen-bond acceptors (Lipinski definition) is 4. The number of piperidine rings is 1. The lowest BCUT2D eigenvalue weighted by Gasteiger charge is -2.31. The van der Waals surface area contributed by atoms with Crippen molar-refractivity contribution in [1.29, 1.82) is 0 Å². The number of hydrogen-bond donors (Lipinski definition) is 1. The molecular weight excluding hydrogens is 412 g/mol. The average molecular weight is 445 g/mol. The predicted molar refractivity (Wildman–Crippen MR) is 124 cm³/mol. The third-order valence-corrected chi connectivity index (χ3v) is 7.28. The fourth-order valence-electron chi connectivity index (χ4n) is 3.77. The maximum atomic E-state index is 12.8. The Balaban J connectivity index is 1.52. The second-order valence-corrected chi connectivity index (χ2v) is 10.4. The summed E-state index contributed by atoms with van der Waals surface area (Å²) >= 11 is 0. The van der Waals surface area contributed by atoms with E-state index < -0.39 is 10.0 Å². The van der Waals surface area contributed by atoms with E-state index in [2.05, 4.69) is 5.32 Å². The number of benzene rings is 2. The third kappa shape index (κ3) is 7.08. The fourth-order valence-corrected chi connectivity index (χ4v) is 5.36. The van der Waals surface area contributed by atoms with E-state index in [1.165, 1.54) is 4.31 Å². The molecule has 168 valence electrons. The molecule has 7 heteroatoms. The van der Waals surface area contributed by atoms with Gasteiger partial charge < -0.3 is 10.1 Å². The molecule has 1 unspecified atom stereocenters. The zero-order valence-corrected chi connectivity index (χ0v) is 19.1. The molecule has 1 amide bonds. The lowest BCUT2D eigenvalue weighted by atomic mass is 9.99. The largest absolute Gasteiger partial charge is 0.491 e. The van der Waals surface area contributed by atoms with Crippen LogP contribution in [0, 0.1) is 5.92 Å². The number of anilines is 1. The monoisotopic (exact) mass is 444 g/mol. The van der Waals surface area contributed by atoms with E-state index in [4.69, 9.17) is 4.74 Å². The van der Waals surface area contributed by atoms with Gasteiger partial charge in [0.15, 0.2) is 0 Å². The molecular formula is C24H32N2O4S. The second-order valence-electron chi connectivity index (χ2n) is 8.28. The topological polar surface area (TPSA) is 75.7 Å². The SMILES string of the molecule is CC(C)Oc1ccc(NC(=O)C2CCCN(S(=O)(=O)CCCc3ccccc3)C2)cc1. The zero-order valence-electron chi connectivity index (χ0n) is 18.3. The van der Waals surface area contributed by atoms with Crippen molar-refractivity contribution in [3.05, 3.63) is 60.2 Å². The van der Waals surface area contributed by atoms with E-state index in [0.29, 0.717) is 31.5 Å². The molecule has 0 spiro atoms. The molecule has 6 nitrogen and oxygen atoms in total. The minimum absolute atomic E-state index is 0.0864. The van der Waals surface area contributed by atoms with E-state index in [0.717, 1.165) is 17.7 Å². The summed E-state index contributed by atoms with van der Waals surface area (Å²) in [5.41, 5.74) is 1.82. The summed E-state index contributed by atoms with van der Waals surface area (Å²) in [6.07, 6.45) is 2.77. The molecule has 1 atom stereocenters. The Hall–Kier alpha value is -2.38. The number of carbonyl (C=O) groups is 1. The molecule has 0 aromatic heterocycles. The molecule has 0 bridgehead atoms. The van der Waals surface area contributed by atoms with Crippen molar-refractivity contribution in [2.75, 3.05) is 24.2 Å².